The maximum absolute atomic E-state index is 13.6. The first-order chi connectivity index (χ1) is 9.17. The van der Waals surface area contributed by atoms with Crippen molar-refractivity contribution in [2.45, 2.75) is 23.3 Å². The van der Waals surface area contributed by atoms with Crippen LogP contribution < -0.4 is 5.32 Å². The van der Waals surface area contributed by atoms with E-state index in [2.05, 4.69) is 5.32 Å². The molecule has 2 aromatic rings. The van der Waals surface area contributed by atoms with Gasteiger partial charge in [0.05, 0.1) is 0 Å². The van der Waals surface area contributed by atoms with Gasteiger partial charge in [0.2, 0.25) is 0 Å². The lowest BCUT2D eigenvalue weighted by molar-refractivity contribution is 0.617. The molecule has 100 valence electrons. The van der Waals surface area contributed by atoms with Crippen LogP contribution in [-0.4, -0.2) is 6.54 Å². The Hall–Kier alpha value is -1.03. The molecule has 0 fully saturated rings. The highest BCUT2D eigenvalue weighted by Crippen LogP contribution is 2.29. The fourth-order valence-electron chi connectivity index (χ4n) is 1.69. The van der Waals surface area contributed by atoms with Gasteiger partial charge >= 0.3 is 0 Å². The SMILES string of the molecule is CCNCc1cc(F)cc(Sc2ccc(Cl)cc2)c1. The van der Waals surface area contributed by atoms with Gasteiger partial charge in [0.25, 0.3) is 0 Å². The predicted octanol–water partition coefficient (Wildman–Crippen LogP) is 4.74. The molecule has 0 radical (unpaired) electrons. The van der Waals surface area contributed by atoms with Crippen molar-refractivity contribution in [3.8, 4) is 0 Å². The summed E-state index contributed by atoms with van der Waals surface area (Å²) >= 11 is 7.38. The minimum atomic E-state index is -0.202. The van der Waals surface area contributed by atoms with Crippen LogP contribution in [-0.2, 0) is 6.54 Å². The second-order valence-electron chi connectivity index (χ2n) is 4.13. The second kappa shape index (κ2) is 6.94. The van der Waals surface area contributed by atoms with Crippen LogP contribution in [0.5, 0.6) is 0 Å². The number of hydrogen-bond donors (Lipinski definition) is 1. The highest BCUT2D eigenvalue weighted by atomic mass is 35.5. The topological polar surface area (TPSA) is 12.0 Å². The van der Waals surface area contributed by atoms with Crippen molar-refractivity contribution in [1.82, 2.24) is 5.32 Å². The van der Waals surface area contributed by atoms with E-state index in [1.165, 1.54) is 11.8 Å². The van der Waals surface area contributed by atoms with Crippen molar-refractivity contribution >= 4 is 23.4 Å². The summed E-state index contributed by atoms with van der Waals surface area (Å²) in [6.07, 6.45) is 0. The van der Waals surface area contributed by atoms with E-state index in [0.29, 0.717) is 11.6 Å². The average Bonchev–Trinajstić information content (AvgIpc) is 2.38. The molecule has 0 heterocycles. The molecule has 0 aliphatic heterocycles. The largest absolute Gasteiger partial charge is 0.313 e. The summed E-state index contributed by atoms with van der Waals surface area (Å²) in [5.74, 6) is -0.202. The maximum atomic E-state index is 13.6. The van der Waals surface area contributed by atoms with E-state index in [-0.39, 0.29) is 5.82 Å². The van der Waals surface area contributed by atoms with Gasteiger partial charge in [-0.25, -0.2) is 4.39 Å². The Labute approximate surface area is 122 Å². The summed E-state index contributed by atoms with van der Waals surface area (Å²) in [6.45, 7) is 3.58. The summed E-state index contributed by atoms with van der Waals surface area (Å²) in [5, 5.41) is 3.90. The average molecular weight is 296 g/mol. The normalized spacial score (nSPS) is 10.7. The summed E-state index contributed by atoms with van der Waals surface area (Å²) in [6, 6.07) is 12.7. The van der Waals surface area contributed by atoms with Gasteiger partial charge in [0.15, 0.2) is 0 Å². The summed E-state index contributed by atoms with van der Waals surface area (Å²) in [4.78, 5) is 1.94. The van der Waals surface area contributed by atoms with Crippen LogP contribution in [0.4, 0.5) is 4.39 Å². The van der Waals surface area contributed by atoms with E-state index in [9.17, 15) is 4.39 Å². The first-order valence-corrected chi connectivity index (χ1v) is 7.30. The summed E-state index contributed by atoms with van der Waals surface area (Å²) in [5.41, 5.74) is 0.957. The van der Waals surface area contributed by atoms with Crippen molar-refractivity contribution < 1.29 is 4.39 Å². The highest BCUT2D eigenvalue weighted by molar-refractivity contribution is 7.99. The van der Waals surface area contributed by atoms with Crippen molar-refractivity contribution in [2.24, 2.45) is 0 Å². The summed E-state index contributed by atoms with van der Waals surface area (Å²) < 4.78 is 13.6. The smallest absolute Gasteiger partial charge is 0.124 e. The molecule has 0 saturated heterocycles. The molecule has 0 spiro atoms. The molecule has 0 aliphatic carbocycles. The first-order valence-electron chi connectivity index (χ1n) is 6.11. The van der Waals surface area contributed by atoms with Crippen LogP contribution >= 0.6 is 23.4 Å². The molecule has 0 atom stereocenters. The van der Waals surface area contributed by atoms with E-state index in [1.807, 2.05) is 37.3 Å². The number of benzene rings is 2. The molecule has 0 saturated carbocycles. The number of nitrogens with one attached hydrogen (secondary N) is 1. The lowest BCUT2D eigenvalue weighted by Gasteiger charge is -2.07. The zero-order valence-electron chi connectivity index (χ0n) is 10.6. The van der Waals surface area contributed by atoms with Crippen LogP contribution in [0.25, 0.3) is 0 Å². The molecule has 0 bridgehead atoms. The Balaban J connectivity index is 2.15. The first kappa shape index (κ1) is 14.4. The third-order valence-corrected chi connectivity index (χ3v) is 3.79. The third kappa shape index (κ3) is 4.53. The zero-order valence-corrected chi connectivity index (χ0v) is 12.2. The van der Waals surface area contributed by atoms with Gasteiger partial charge in [0, 0.05) is 21.4 Å². The molecule has 19 heavy (non-hydrogen) atoms. The van der Waals surface area contributed by atoms with Crippen LogP contribution in [0.15, 0.2) is 52.3 Å². The van der Waals surface area contributed by atoms with Gasteiger partial charge in [-0.2, -0.15) is 0 Å². The molecule has 0 aliphatic rings. The van der Waals surface area contributed by atoms with E-state index in [1.54, 1.807) is 12.1 Å². The second-order valence-corrected chi connectivity index (χ2v) is 5.71. The molecule has 1 nitrogen and oxygen atoms in total. The molecular weight excluding hydrogens is 281 g/mol. The van der Waals surface area contributed by atoms with E-state index < -0.39 is 0 Å². The van der Waals surface area contributed by atoms with Gasteiger partial charge < -0.3 is 5.32 Å². The maximum Gasteiger partial charge on any atom is 0.124 e. The van der Waals surface area contributed by atoms with Crippen LogP contribution in [0.1, 0.15) is 12.5 Å². The van der Waals surface area contributed by atoms with Crippen molar-refractivity contribution in [3.63, 3.8) is 0 Å². The van der Waals surface area contributed by atoms with Crippen LogP contribution in [0, 0.1) is 5.82 Å². The Morgan fingerprint density at radius 1 is 1.11 bits per heavy atom. The zero-order chi connectivity index (χ0) is 13.7. The monoisotopic (exact) mass is 295 g/mol. The van der Waals surface area contributed by atoms with E-state index >= 15 is 0 Å². The minimum absolute atomic E-state index is 0.202. The van der Waals surface area contributed by atoms with Gasteiger partial charge in [-0.3, -0.25) is 0 Å². The van der Waals surface area contributed by atoms with Gasteiger partial charge in [-0.05, 0) is 54.6 Å². The standard InChI is InChI=1S/C15H15ClFNS/c1-2-18-10-11-7-13(17)9-15(8-11)19-14-5-3-12(16)4-6-14/h3-9,18H,2,10H2,1H3. The molecule has 0 unspecified atom stereocenters. The summed E-state index contributed by atoms with van der Waals surface area (Å²) in [7, 11) is 0. The fraction of sp³-hybridized carbons (Fsp3) is 0.200. The lowest BCUT2D eigenvalue weighted by Crippen LogP contribution is -2.11. The quantitative estimate of drug-likeness (QED) is 0.855. The van der Waals surface area contributed by atoms with Crippen molar-refractivity contribution in [2.75, 3.05) is 6.54 Å². The van der Waals surface area contributed by atoms with Crippen molar-refractivity contribution in [3.05, 3.63) is 58.9 Å². The van der Waals surface area contributed by atoms with Crippen LogP contribution in [0.2, 0.25) is 5.02 Å². The van der Waals surface area contributed by atoms with Gasteiger partial charge in [-0.1, -0.05) is 30.3 Å². The number of halogens is 2. The van der Waals surface area contributed by atoms with E-state index in [4.69, 9.17) is 11.6 Å². The number of hydrogen-bond acceptors (Lipinski definition) is 2. The molecule has 4 heteroatoms. The Morgan fingerprint density at radius 3 is 2.53 bits per heavy atom. The number of rotatable bonds is 5. The minimum Gasteiger partial charge on any atom is -0.313 e. The fourth-order valence-corrected chi connectivity index (χ4v) is 2.74. The Morgan fingerprint density at radius 2 is 1.84 bits per heavy atom. The van der Waals surface area contributed by atoms with Crippen LogP contribution in [0.3, 0.4) is 0 Å². The molecule has 0 amide bonds. The molecule has 2 rings (SSSR count). The molecule has 2 aromatic carbocycles. The van der Waals surface area contributed by atoms with E-state index in [0.717, 1.165) is 21.9 Å². The highest BCUT2D eigenvalue weighted by Gasteiger charge is 2.03. The predicted molar refractivity (Wildman–Crippen MR) is 79.4 cm³/mol. The third-order valence-electron chi connectivity index (χ3n) is 2.56. The molecule has 0 aromatic heterocycles. The Kier molecular flexibility index (Phi) is 5.25. The molecular formula is C15H15ClFNS. The molecule has 1 N–H and O–H groups in total. The lowest BCUT2D eigenvalue weighted by atomic mass is 10.2. The van der Waals surface area contributed by atoms with Gasteiger partial charge in [-0.15, -0.1) is 0 Å². The van der Waals surface area contributed by atoms with Gasteiger partial charge in [0.1, 0.15) is 5.82 Å². The Bertz CT molecular complexity index is 542. The van der Waals surface area contributed by atoms with Crippen molar-refractivity contribution in [1.29, 1.82) is 0 Å².